The van der Waals surface area contributed by atoms with Crippen molar-refractivity contribution < 1.29 is 9.53 Å². The maximum absolute atomic E-state index is 12.3. The van der Waals surface area contributed by atoms with Crippen LogP contribution in [-0.4, -0.2) is 32.8 Å². The molecule has 3 rings (SSSR count). The normalized spacial score (nSPS) is 10.5. The molecule has 0 unspecified atom stereocenters. The smallest absolute Gasteiger partial charge is 0.267 e. The molecule has 0 bridgehead atoms. The fraction of sp³-hybridized carbons (Fsp3) is 0.143. The molecule has 3 aromatic rings. The van der Waals surface area contributed by atoms with E-state index in [1.807, 2.05) is 6.07 Å². The Kier molecular flexibility index (Phi) is 3.84. The zero-order chi connectivity index (χ0) is 15.5. The summed E-state index contributed by atoms with van der Waals surface area (Å²) >= 11 is 1.30. The number of benzene rings is 1. The molecule has 0 aliphatic carbocycles. The highest BCUT2D eigenvalue weighted by Gasteiger charge is 2.15. The molecular formula is C14H13N5O2S. The molecule has 1 amide bonds. The van der Waals surface area contributed by atoms with Crippen LogP contribution < -0.4 is 10.1 Å². The lowest BCUT2D eigenvalue weighted by molar-refractivity contribution is 0.102. The molecule has 0 spiro atoms. The van der Waals surface area contributed by atoms with Crippen LogP contribution in [0.5, 0.6) is 5.75 Å². The topological polar surface area (TPSA) is 81.9 Å². The van der Waals surface area contributed by atoms with E-state index in [-0.39, 0.29) is 5.91 Å². The van der Waals surface area contributed by atoms with E-state index >= 15 is 0 Å². The number of methoxy groups -OCH3 is 1. The van der Waals surface area contributed by atoms with E-state index in [0.717, 1.165) is 5.69 Å². The van der Waals surface area contributed by atoms with Crippen LogP contribution in [0, 0.1) is 6.92 Å². The Balaban J connectivity index is 1.93. The van der Waals surface area contributed by atoms with Gasteiger partial charge in [0.05, 0.1) is 29.7 Å². The van der Waals surface area contributed by atoms with Crippen molar-refractivity contribution in [3.8, 4) is 11.4 Å². The van der Waals surface area contributed by atoms with Gasteiger partial charge in [-0.25, -0.2) is 4.98 Å². The van der Waals surface area contributed by atoms with Gasteiger partial charge in [0.25, 0.3) is 5.91 Å². The number of anilines is 1. The molecule has 0 atom stereocenters. The molecule has 112 valence electrons. The number of rotatable bonds is 4. The zero-order valence-corrected chi connectivity index (χ0v) is 12.8. The molecule has 0 saturated heterocycles. The van der Waals surface area contributed by atoms with Crippen LogP contribution in [0.1, 0.15) is 15.4 Å². The number of carbonyl (C=O) groups excluding carboxylic acids is 1. The molecule has 0 fully saturated rings. The van der Waals surface area contributed by atoms with Crippen molar-refractivity contribution in [2.45, 2.75) is 6.92 Å². The van der Waals surface area contributed by atoms with E-state index in [0.29, 0.717) is 22.0 Å². The predicted molar refractivity (Wildman–Crippen MR) is 82.7 cm³/mol. The van der Waals surface area contributed by atoms with Crippen molar-refractivity contribution in [3.63, 3.8) is 0 Å². The number of hydrogen-bond acceptors (Lipinski definition) is 6. The molecule has 1 N–H and O–H groups in total. The molecule has 0 aliphatic rings. The van der Waals surface area contributed by atoms with Gasteiger partial charge in [0.15, 0.2) is 0 Å². The molecule has 2 aromatic heterocycles. The second kappa shape index (κ2) is 5.94. The van der Waals surface area contributed by atoms with E-state index in [9.17, 15) is 4.79 Å². The van der Waals surface area contributed by atoms with E-state index in [2.05, 4.69) is 20.5 Å². The van der Waals surface area contributed by atoms with Gasteiger partial charge in [-0.05, 0) is 25.1 Å². The number of carbonyl (C=O) groups is 1. The van der Waals surface area contributed by atoms with Gasteiger partial charge in [0.1, 0.15) is 23.3 Å². The molecular weight excluding hydrogens is 302 g/mol. The lowest BCUT2D eigenvalue weighted by atomic mass is 10.2. The lowest BCUT2D eigenvalue weighted by Gasteiger charge is -2.12. The number of ether oxygens (including phenoxy) is 1. The summed E-state index contributed by atoms with van der Waals surface area (Å²) in [5.41, 5.74) is 3.75. The number of aromatic nitrogens is 4. The monoisotopic (exact) mass is 315 g/mol. The number of nitrogens with one attached hydrogen (secondary N) is 1. The maximum Gasteiger partial charge on any atom is 0.267 e. The number of amides is 1. The third kappa shape index (κ3) is 2.68. The van der Waals surface area contributed by atoms with E-state index in [4.69, 9.17) is 4.74 Å². The number of aryl methyl sites for hydroxylation is 1. The van der Waals surface area contributed by atoms with Gasteiger partial charge < -0.3 is 10.1 Å². The van der Waals surface area contributed by atoms with Crippen LogP contribution in [0.15, 0.2) is 36.4 Å². The molecule has 0 saturated carbocycles. The van der Waals surface area contributed by atoms with Crippen LogP contribution in [0.3, 0.4) is 0 Å². The first kappa shape index (κ1) is 14.2. The second-order valence-electron chi connectivity index (χ2n) is 4.47. The highest BCUT2D eigenvalue weighted by Crippen LogP contribution is 2.28. The van der Waals surface area contributed by atoms with Crippen LogP contribution in [0.25, 0.3) is 5.69 Å². The zero-order valence-electron chi connectivity index (χ0n) is 12.0. The van der Waals surface area contributed by atoms with E-state index in [1.165, 1.54) is 11.3 Å². The fourth-order valence-electron chi connectivity index (χ4n) is 1.99. The summed E-state index contributed by atoms with van der Waals surface area (Å²) < 4.78 is 7.04. The Morgan fingerprint density at radius 2 is 2.09 bits per heavy atom. The van der Waals surface area contributed by atoms with Crippen molar-refractivity contribution in [1.29, 1.82) is 0 Å². The molecule has 0 radical (unpaired) electrons. The molecule has 8 heteroatoms. The van der Waals surface area contributed by atoms with Gasteiger partial charge in [-0.1, -0.05) is 0 Å². The third-order valence-corrected chi connectivity index (χ3v) is 4.03. The largest absolute Gasteiger partial charge is 0.495 e. The Morgan fingerprint density at radius 1 is 1.32 bits per heavy atom. The number of hydrogen-bond donors (Lipinski definition) is 1. The summed E-state index contributed by atoms with van der Waals surface area (Å²) in [7, 11) is 1.56. The first-order valence-corrected chi connectivity index (χ1v) is 7.31. The summed E-state index contributed by atoms with van der Waals surface area (Å²) in [6.45, 7) is 1.80. The maximum atomic E-state index is 12.3. The fourth-order valence-corrected chi connectivity index (χ4v) is 2.68. The quantitative estimate of drug-likeness (QED) is 0.799. The molecule has 0 aliphatic heterocycles. The van der Waals surface area contributed by atoms with Crippen LogP contribution in [-0.2, 0) is 0 Å². The first-order valence-electron chi connectivity index (χ1n) is 6.43. The summed E-state index contributed by atoms with van der Waals surface area (Å²) in [6.07, 6.45) is 3.17. The lowest BCUT2D eigenvalue weighted by Crippen LogP contribution is -2.12. The van der Waals surface area contributed by atoms with E-state index in [1.54, 1.807) is 48.9 Å². The average Bonchev–Trinajstić information content (AvgIpc) is 3.18. The summed E-state index contributed by atoms with van der Waals surface area (Å²) in [5, 5.41) is 10.4. The van der Waals surface area contributed by atoms with Crippen molar-refractivity contribution in [2.24, 2.45) is 0 Å². The standard InChI is InChI=1S/C14H13N5O2S/c1-9-13(22-8-15-9)14(20)18-11-5-10(3-4-12(11)21-2)19-6-16-17-7-19/h3-8H,1-2H3,(H,18,20). The minimum Gasteiger partial charge on any atom is -0.495 e. The van der Waals surface area contributed by atoms with Crippen LogP contribution in [0.2, 0.25) is 0 Å². The van der Waals surface area contributed by atoms with Gasteiger partial charge in [0, 0.05) is 0 Å². The summed E-state index contributed by atoms with van der Waals surface area (Å²) in [5.74, 6) is 0.367. The Hall–Kier alpha value is -2.74. The van der Waals surface area contributed by atoms with Crippen molar-refractivity contribution in [1.82, 2.24) is 19.7 Å². The van der Waals surface area contributed by atoms with Gasteiger partial charge in [-0.15, -0.1) is 21.5 Å². The average molecular weight is 315 g/mol. The van der Waals surface area contributed by atoms with Gasteiger partial charge in [-0.2, -0.15) is 0 Å². The highest BCUT2D eigenvalue weighted by molar-refractivity contribution is 7.12. The molecule has 7 nitrogen and oxygen atoms in total. The Bertz CT molecular complexity index is 797. The summed E-state index contributed by atoms with van der Waals surface area (Å²) in [4.78, 5) is 17.0. The van der Waals surface area contributed by atoms with Crippen LogP contribution >= 0.6 is 11.3 Å². The van der Waals surface area contributed by atoms with Crippen LogP contribution in [0.4, 0.5) is 5.69 Å². The molecule has 1 aromatic carbocycles. The molecule has 2 heterocycles. The van der Waals surface area contributed by atoms with Crippen molar-refractivity contribution in [3.05, 3.63) is 46.9 Å². The number of nitrogens with zero attached hydrogens (tertiary/aromatic N) is 4. The third-order valence-electron chi connectivity index (χ3n) is 3.10. The molecule has 22 heavy (non-hydrogen) atoms. The van der Waals surface area contributed by atoms with Crippen molar-refractivity contribution >= 4 is 22.9 Å². The van der Waals surface area contributed by atoms with Gasteiger partial charge in [0.2, 0.25) is 0 Å². The SMILES string of the molecule is COc1ccc(-n2cnnc2)cc1NC(=O)c1scnc1C. The Morgan fingerprint density at radius 3 is 2.73 bits per heavy atom. The second-order valence-corrected chi connectivity index (χ2v) is 5.33. The predicted octanol–water partition coefficient (Wildman–Crippen LogP) is 2.29. The summed E-state index contributed by atoms with van der Waals surface area (Å²) in [6, 6.07) is 5.44. The Labute approximate surface area is 130 Å². The van der Waals surface area contributed by atoms with Crippen molar-refractivity contribution in [2.75, 3.05) is 12.4 Å². The highest BCUT2D eigenvalue weighted by atomic mass is 32.1. The van der Waals surface area contributed by atoms with Gasteiger partial charge in [-0.3, -0.25) is 9.36 Å². The minimum absolute atomic E-state index is 0.209. The van der Waals surface area contributed by atoms with Gasteiger partial charge >= 0.3 is 0 Å². The first-order chi connectivity index (χ1) is 10.7. The number of thiazole rings is 1. The van der Waals surface area contributed by atoms with E-state index < -0.39 is 0 Å². The minimum atomic E-state index is -0.209.